The van der Waals surface area contributed by atoms with Gasteiger partial charge in [0.15, 0.2) is 0 Å². The van der Waals surface area contributed by atoms with Crippen molar-refractivity contribution < 1.29 is 4.42 Å². The maximum atomic E-state index is 6.92. The van der Waals surface area contributed by atoms with Gasteiger partial charge in [0.2, 0.25) is 0 Å². The number of allylic oxidation sites excluding steroid dienone is 6. The Hall–Kier alpha value is -5.89. The summed E-state index contributed by atoms with van der Waals surface area (Å²) in [6.07, 6.45) is 14.6. The highest BCUT2D eigenvalue weighted by molar-refractivity contribution is 8.03. The van der Waals surface area contributed by atoms with Gasteiger partial charge in [-0.2, -0.15) is 0 Å². The standard InChI is InChI=1S/C51H40N4OS/c1-3-13-31(14-4-1)49-52-50(32-15-5-2-6-16-32)54-51(53-49)34-25-27-38-39-20-11-19-35(48(39)56-44(38)30-34)33-26-28-45-40(29-33)47-43(23-12-24-46(47)57-45)55-41-21-9-7-17-36(41)37-18-8-10-22-42(37)55/h1,3-5,7-28,30,40,49-54H,2,6,29H2. The van der Waals surface area contributed by atoms with Crippen LogP contribution in [-0.4, -0.2) is 10.7 Å². The van der Waals surface area contributed by atoms with Crippen molar-refractivity contribution in [1.82, 2.24) is 20.5 Å². The SMILES string of the molecule is C1=CC(C2NC(c3ccccc3)NC(c3ccc4c(c3)oc3c(C5=CC=C6Sc7cccc(-n8c9ccccc9c9ccccc98)c7C6C5)cccc34)N2)=CCC1. The minimum absolute atomic E-state index is 0.0119. The van der Waals surface area contributed by atoms with Gasteiger partial charge < -0.3 is 8.98 Å². The van der Waals surface area contributed by atoms with E-state index in [1.54, 1.807) is 0 Å². The lowest BCUT2D eigenvalue weighted by atomic mass is 9.84. The molecule has 4 atom stereocenters. The van der Waals surface area contributed by atoms with E-state index in [2.05, 4.69) is 184 Å². The van der Waals surface area contributed by atoms with Crippen LogP contribution in [0.3, 0.4) is 0 Å². The Labute approximate surface area is 335 Å². The van der Waals surface area contributed by atoms with Crippen LogP contribution in [0.2, 0.25) is 0 Å². The van der Waals surface area contributed by atoms with E-state index < -0.39 is 0 Å². The van der Waals surface area contributed by atoms with E-state index in [9.17, 15) is 0 Å². The second-order valence-electron chi connectivity index (χ2n) is 15.6. The highest BCUT2D eigenvalue weighted by atomic mass is 32.2. The molecular formula is C51H40N4OS. The Kier molecular flexibility index (Phi) is 7.80. The largest absolute Gasteiger partial charge is 0.455 e. The number of nitrogens with zero attached hydrogens (tertiary/aromatic N) is 1. The molecule has 276 valence electrons. The van der Waals surface area contributed by atoms with Gasteiger partial charge in [-0.15, -0.1) is 0 Å². The molecule has 2 aliphatic heterocycles. The zero-order chi connectivity index (χ0) is 37.5. The monoisotopic (exact) mass is 756 g/mol. The van der Waals surface area contributed by atoms with Crippen molar-refractivity contribution in [3.63, 3.8) is 0 Å². The molecule has 1 fully saturated rings. The van der Waals surface area contributed by atoms with Gasteiger partial charge in [-0.3, -0.25) is 16.0 Å². The zero-order valence-electron chi connectivity index (χ0n) is 31.3. The van der Waals surface area contributed by atoms with Gasteiger partial charge in [0.25, 0.3) is 0 Å². The highest BCUT2D eigenvalue weighted by Crippen LogP contribution is 2.56. The molecule has 4 aliphatic rings. The van der Waals surface area contributed by atoms with Gasteiger partial charge in [0.1, 0.15) is 11.2 Å². The number of hydrogen-bond donors (Lipinski definition) is 3. The predicted molar refractivity (Wildman–Crippen MR) is 235 cm³/mol. The first-order valence-corrected chi connectivity index (χ1v) is 20.9. The summed E-state index contributed by atoms with van der Waals surface area (Å²) >= 11 is 1.93. The fraction of sp³-hybridized carbons (Fsp3) is 0.137. The van der Waals surface area contributed by atoms with E-state index in [4.69, 9.17) is 4.42 Å². The third-order valence-electron chi connectivity index (χ3n) is 12.3. The molecule has 6 aromatic carbocycles. The first-order valence-electron chi connectivity index (χ1n) is 20.1. The van der Waals surface area contributed by atoms with E-state index in [1.807, 2.05) is 11.8 Å². The summed E-state index contributed by atoms with van der Waals surface area (Å²) in [5.41, 5.74) is 13.2. The summed E-state index contributed by atoms with van der Waals surface area (Å²) in [5, 5.41) is 16.4. The molecule has 0 saturated carbocycles. The van der Waals surface area contributed by atoms with Crippen molar-refractivity contribution in [3.8, 4) is 5.69 Å². The van der Waals surface area contributed by atoms with E-state index >= 15 is 0 Å². The van der Waals surface area contributed by atoms with Gasteiger partial charge in [0.05, 0.1) is 35.2 Å². The van der Waals surface area contributed by atoms with Crippen LogP contribution in [0.1, 0.15) is 59.8 Å². The molecular weight excluding hydrogens is 717 g/mol. The number of hydrogen-bond acceptors (Lipinski definition) is 5. The number of benzene rings is 6. The summed E-state index contributed by atoms with van der Waals surface area (Å²) in [6.45, 7) is 0. The van der Waals surface area contributed by atoms with Crippen LogP contribution >= 0.6 is 11.8 Å². The quantitative estimate of drug-likeness (QED) is 0.163. The minimum Gasteiger partial charge on any atom is -0.455 e. The Morgan fingerprint density at radius 3 is 2.16 bits per heavy atom. The number of fused-ring (bicyclic) bond motifs is 9. The van der Waals surface area contributed by atoms with Crippen molar-refractivity contribution in [2.75, 3.05) is 0 Å². The molecule has 3 N–H and O–H groups in total. The summed E-state index contributed by atoms with van der Waals surface area (Å²) in [4.78, 5) is 2.76. The van der Waals surface area contributed by atoms with Gasteiger partial charge in [-0.25, -0.2) is 0 Å². The fourth-order valence-electron chi connectivity index (χ4n) is 9.67. The molecule has 0 amide bonds. The second kappa shape index (κ2) is 13.4. The number of furan rings is 1. The van der Waals surface area contributed by atoms with Crippen LogP contribution < -0.4 is 16.0 Å². The maximum Gasteiger partial charge on any atom is 0.142 e. The van der Waals surface area contributed by atoms with Gasteiger partial charge in [-0.1, -0.05) is 145 Å². The molecule has 4 unspecified atom stereocenters. The molecule has 4 heterocycles. The smallest absolute Gasteiger partial charge is 0.142 e. The summed E-state index contributed by atoms with van der Waals surface area (Å²) in [7, 11) is 0. The van der Waals surface area contributed by atoms with Gasteiger partial charge in [0, 0.05) is 37.9 Å². The zero-order valence-corrected chi connectivity index (χ0v) is 32.1. The Bertz CT molecular complexity index is 2980. The number of nitrogens with one attached hydrogen (secondary N) is 3. The average Bonchev–Trinajstić information content (AvgIpc) is 3.96. The topological polar surface area (TPSA) is 54.2 Å². The van der Waals surface area contributed by atoms with Crippen molar-refractivity contribution in [3.05, 3.63) is 197 Å². The summed E-state index contributed by atoms with van der Waals surface area (Å²) in [6, 6.07) is 48.5. The molecule has 12 rings (SSSR count). The van der Waals surface area contributed by atoms with Gasteiger partial charge in [-0.05, 0) is 82.3 Å². The summed E-state index contributed by atoms with van der Waals surface area (Å²) in [5.74, 6) is 0.268. The molecule has 2 aromatic heterocycles. The highest BCUT2D eigenvalue weighted by Gasteiger charge is 2.35. The van der Waals surface area contributed by atoms with E-state index in [1.165, 1.54) is 65.1 Å². The van der Waals surface area contributed by atoms with Crippen LogP contribution in [0.25, 0.3) is 55.0 Å². The third-order valence-corrected chi connectivity index (χ3v) is 13.6. The van der Waals surface area contributed by atoms with Crippen molar-refractivity contribution >= 4 is 61.1 Å². The van der Waals surface area contributed by atoms with Crippen molar-refractivity contribution in [2.24, 2.45) is 0 Å². The molecule has 5 nitrogen and oxygen atoms in total. The van der Waals surface area contributed by atoms with Crippen molar-refractivity contribution in [2.45, 2.75) is 48.6 Å². The molecule has 0 bridgehead atoms. The van der Waals surface area contributed by atoms with Crippen LogP contribution in [0.5, 0.6) is 0 Å². The van der Waals surface area contributed by atoms with E-state index in [-0.39, 0.29) is 24.4 Å². The summed E-state index contributed by atoms with van der Waals surface area (Å²) < 4.78 is 9.41. The molecule has 6 heteroatoms. The second-order valence-corrected chi connectivity index (χ2v) is 16.7. The molecule has 57 heavy (non-hydrogen) atoms. The normalized spacial score (nSPS) is 21.8. The lowest BCUT2D eigenvalue weighted by Gasteiger charge is -2.40. The Balaban J connectivity index is 0.906. The van der Waals surface area contributed by atoms with Crippen LogP contribution in [0.4, 0.5) is 0 Å². The molecule has 1 saturated heterocycles. The first kappa shape index (κ1) is 33.3. The number of para-hydroxylation sites is 3. The van der Waals surface area contributed by atoms with Crippen LogP contribution in [-0.2, 0) is 0 Å². The van der Waals surface area contributed by atoms with Crippen LogP contribution in [0.15, 0.2) is 184 Å². The molecule has 0 radical (unpaired) electrons. The molecule has 2 aliphatic carbocycles. The average molecular weight is 757 g/mol. The van der Waals surface area contributed by atoms with E-state index in [0.29, 0.717) is 0 Å². The van der Waals surface area contributed by atoms with Crippen molar-refractivity contribution in [1.29, 1.82) is 0 Å². The molecule has 0 spiro atoms. The minimum atomic E-state index is -0.0805. The lowest BCUT2D eigenvalue weighted by molar-refractivity contribution is 0.224. The number of rotatable bonds is 5. The fourth-order valence-corrected chi connectivity index (χ4v) is 10.9. The molecule has 8 aromatic rings. The van der Waals surface area contributed by atoms with E-state index in [0.717, 1.165) is 46.8 Å². The Morgan fingerprint density at radius 1 is 0.614 bits per heavy atom. The first-order chi connectivity index (χ1) is 28.2. The maximum absolute atomic E-state index is 6.92. The Morgan fingerprint density at radius 2 is 1.35 bits per heavy atom. The lowest BCUT2D eigenvalue weighted by Crippen LogP contribution is -2.59. The number of thioether (sulfide) groups is 1. The number of aromatic nitrogens is 1. The van der Waals surface area contributed by atoms with Crippen LogP contribution in [0, 0.1) is 0 Å². The predicted octanol–water partition coefficient (Wildman–Crippen LogP) is 12.3. The van der Waals surface area contributed by atoms with Gasteiger partial charge >= 0.3 is 0 Å². The third kappa shape index (κ3) is 5.43.